The zero-order valence-electron chi connectivity index (χ0n) is 23.5. The number of anilines is 1. The third-order valence-corrected chi connectivity index (χ3v) is 8.44. The van der Waals surface area contributed by atoms with Gasteiger partial charge in [0.15, 0.2) is 0 Å². The lowest BCUT2D eigenvalue weighted by Crippen LogP contribution is -2.52. The molecule has 41 heavy (non-hydrogen) atoms. The van der Waals surface area contributed by atoms with Crippen LogP contribution in [0.2, 0.25) is 5.02 Å². The summed E-state index contributed by atoms with van der Waals surface area (Å²) in [4.78, 5) is 28.6. The van der Waals surface area contributed by atoms with Crippen LogP contribution in [0.15, 0.2) is 77.7 Å². The SMILES string of the molecule is CC[C@H](C(=O)NCC(C)C)N(Cc1cccc(OC)c1)C(=O)CN(c1ccc(F)c(Cl)c1)S(=O)(=O)c1ccccc1. The minimum Gasteiger partial charge on any atom is -0.497 e. The molecule has 3 rings (SSSR count). The second-order valence-corrected chi connectivity index (χ2v) is 12.1. The van der Waals surface area contributed by atoms with E-state index in [0.717, 1.165) is 16.4 Å². The molecule has 0 aliphatic carbocycles. The number of methoxy groups -OCH3 is 1. The number of ether oxygens (including phenoxy) is 1. The molecule has 0 heterocycles. The van der Waals surface area contributed by atoms with Crippen molar-refractivity contribution < 1.29 is 27.1 Å². The molecule has 0 aromatic heterocycles. The van der Waals surface area contributed by atoms with E-state index in [1.165, 1.54) is 30.2 Å². The zero-order chi connectivity index (χ0) is 30.2. The standard InChI is InChI=1S/C30H35ClFN3O5S/c1-5-28(30(37)33-18-21(2)3)34(19-22-10-9-11-24(16-22)40-4)29(36)20-35(23-14-15-27(32)26(31)17-23)41(38,39)25-12-7-6-8-13-25/h6-17,21,28H,5,18-20H2,1-4H3,(H,33,37)/t28-/m1/s1. The Hall–Kier alpha value is -3.63. The number of benzene rings is 3. The number of hydrogen-bond acceptors (Lipinski definition) is 5. The average molecular weight is 604 g/mol. The van der Waals surface area contributed by atoms with Crippen LogP contribution in [-0.4, -0.2) is 51.4 Å². The van der Waals surface area contributed by atoms with E-state index >= 15 is 0 Å². The van der Waals surface area contributed by atoms with Crippen LogP contribution in [0.4, 0.5) is 10.1 Å². The van der Waals surface area contributed by atoms with E-state index < -0.39 is 34.3 Å². The largest absolute Gasteiger partial charge is 0.497 e. The van der Waals surface area contributed by atoms with Gasteiger partial charge in [0.1, 0.15) is 24.2 Å². The van der Waals surface area contributed by atoms with E-state index in [2.05, 4.69) is 5.32 Å². The summed E-state index contributed by atoms with van der Waals surface area (Å²) in [5.74, 6) is -0.944. The molecule has 3 aromatic carbocycles. The van der Waals surface area contributed by atoms with Crippen molar-refractivity contribution in [3.8, 4) is 5.75 Å². The van der Waals surface area contributed by atoms with Gasteiger partial charge in [-0.25, -0.2) is 12.8 Å². The van der Waals surface area contributed by atoms with Crippen molar-refractivity contribution in [1.82, 2.24) is 10.2 Å². The number of hydrogen-bond donors (Lipinski definition) is 1. The van der Waals surface area contributed by atoms with E-state index in [1.54, 1.807) is 49.4 Å². The minimum absolute atomic E-state index is 0.00670. The topological polar surface area (TPSA) is 96.0 Å². The van der Waals surface area contributed by atoms with Crippen LogP contribution in [0.25, 0.3) is 0 Å². The Labute approximate surface area is 246 Å². The molecule has 0 aliphatic rings. The maximum Gasteiger partial charge on any atom is 0.264 e. The molecule has 0 spiro atoms. The summed E-state index contributed by atoms with van der Waals surface area (Å²) in [7, 11) is -2.76. The summed E-state index contributed by atoms with van der Waals surface area (Å²) < 4.78 is 47.8. The number of halogens is 2. The minimum atomic E-state index is -4.29. The normalized spacial score (nSPS) is 12.1. The molecule has 3 aromatic rings. The van der Waals surface area contributed by atoms with E-state index in [0.29, 0.717) is 17.9 Å². The average Bonchev–Trinajstić information content (AvgIpc) is 2.96. The van der Waals surface area contributed by atoms with Crippen LogP contribution < -0.4 is 14.4 Å². The van der Waals surface area contributed by atoms with Crippen LogP contribution in [-0.2, 0) is 26.2 Å². The smallest absolute Gasteiger partial charge is 0.264 e. The predicted octanol–water partition coefficient (Wildman–Crippen LogP) is 5.26. The van der Waals surface area contributed by atoms with Gasteiger partial charge in [-0.05, 0) is 60.4 Å². The van der Waals surface area contributed by atoms with Crippen molar-refractivity contribution >= 4 is 39.1 Å². The van der Waals surface area contributed by atoms with Gasteiger partial charge in [0.05, 0.1) is 22.7 Å². The molecule has 0 fully saturated rings. The molecule has 0 saturated carbocycles. The summed E-state index contributed by atoms with van der Waals surface area (Å²) in [5, 5.41) is 2.59. The highest BCUT2D eigenvalue weighted by molar-refractivity contribution is 7.92. The molecule has 1 atom stereocenters. The van der Waals surface area contributed by atoms with E-state index in [4.69, 9.17) is 16.3 Å². The van der Waals surface area contributed by atoms with Gasteiger partial charge in [-0.15, -0.1) is 0 Å². The lowest BCUT2D eigenvalue weighted by Gasteiger charge is -2.33. The highest BCUT2D eigenvalue weighted by Crippen LogP contribution is 2.28. The summed E-state index contributed by atoms with van der Waals surface area (Å²) in [6.45, 7) is 5.48. The summed E-state index contributed by atoms with van der Waals surface area (Å²) in [5.41, 5.74) is 0.697. The lowest BCUT2D eigenvalue weighted by atomic mass is 10.1. The van der Waals surface area contributed by atoms with Crippen LogP contribution >= 0.6 is 11.6 Å². The molecular weight excluding hydrogens is 569 g/mol. The Balaban J connectivity index is 2.07. The second-order valence-electron chi connectivity index (χ2n) is 9.86. The zero-order valence-corrected chi connectivity index (χ0v) is 25.1. The van der Waals surface area contributed by atoms with Crippen molar-refractivity contribution in [2.45, 2.75) is 44.7 Å². The molecule has 220 valence electrons. The molecule has 0 unspecified atom stereocenters. The Morgan fingerprint density at radius 2 is 1.73 bits per heavy atom. The summed E-state index contributed by atoms with van der Waals surface area (Å²) in [6, 6.07) is 17.2. The van der Waals surface area contributed by atoms with Gasteiger partial charge in [0.2, 0.25) is 11.8 Å². The van der Waals surface area contributed by atoms with Gasteiger partial charge in [-0.3, -0.25) is 13.9 Å². The summed E-state index contributed by atoms with van der Waals surface area (Å²) in [6.07, 6.45) is 0.285. The Morgan fingerprint density at radius 1 is 1.02 bits per heavy atom. The quantitative estimate of drug-likeness (QED) is 0.287. The second kappa shape index (κ2) is 14.3. The maximum atomic E-state index is 14.1. The number of sulfonamides is 1. The van der Waals surface area contributed by atoms with Crippen molar-refractivity contribution in [2.24, 2.45) is 5.92 Å². The number of nitrogens with one attached hydrogen (secondary N) is 1. The molecule has 8 nitrogen and oxygen atoms in total. The monoisotopic (exact) mass is 603 g/mol. The fourth-order valence-corrected chi connectivity index (χ4v) is 5.80. The summed E-state index contributed by atoms with van der Waals surface area (Å²) >= 11 is 6.01. The molecule has 0 bridgehead atoms. The first kappa shape index (κ1) is 31.9. The van der Waals surface area contributed by atoms with E-state index in [-0.39, 0.29) is 40.4 Å². The molecule has 1 N–H and O–H groups in total. The number of rotatable bonds is 13. The van der Waals surface area contributed by atoms with Gasteiger partial charge < -0.3 is 15.0 Å². The van der Waals surface area contributed by atoms with Gasteiger partial charge >= 0.3 is 0 Å². The number of amides is 2. The highest BCUT2D eigenvalue weighted by atomic mass is 35.5. The molecule has 2 amide bonds. The highest BCUT2D eigenvalue weighted by Gasteiger charge is 2.34. The first-order chi connectivity index (χ1) is 19.5. The molecule has 11 heteroatoms. The lowest BCUT2D eigenvalue weighted by molar-refractivity contribution is -0.140. The third-order valence-electron chi connectivity index (χ3n) is 6.36. The van der Waals surface area contributed by atoms with E-state index in [9.17, 15) is 22.4 Å². The van der Waals surface area contributed by atoms with Gasteiger partial charge in [-0.1, -0.05) is 62.7 Å². The van der Waals surface area contributed by atoms with Crippen molar-refractivity contribution in [1.29, 1.82) is 0 Å². The van der Waals surface area contributed by atoms with Crippen molar-refractivity contribution in [3.63, 3.8) is 0 Å². The third kappa shape index (κ3) is 8.20. The van der Waals surface area contributed by atoms with Crippen LogP contribution in [0, 0.1) is 11.7 Å². The molecule has 0 saturated heterocycles. The molecule has 0 radical (unpaired) electrons. The van der Waals surface area contributed by atoms with E-state index in [1.807, 2.05) is 13.8 Å². The van der Waals surface area contributed by atoms with Gasteiger partial charge in [-0.2, -0.15) is 0 Å². The van der Waals surface area contributed by atoms with Crippen LogP contribution in [0.1, 0.15) is 32.8 Å². The fraction of sp³-hybridized carbons (Fsp3) is 0.333. The van der Waals surface area contributed by atoms with Crippen molar-refractivity contribution in [3.05, 3.63) is 89.2 Å². The molecular formula is C30H35ClFN3O5S. The number of carbonyl (C=O) groups excluding carboxylic acids is 2. The Kier molecular flexibility index (Phi) is 11.1. The van der Waals surface area contributed by atoms with Crippen LogP contribution in [0.5, 0.6) is 5.75 Å². The van der Waals surface area contributed by atoms with Gasteiger partial charge in [0.25, 0.3) is 10.0 Å². The fourth-order valence-electron chi connectivity index (χ4n) is 4.20. The van der Waals surface area contributed by atoms with Crippen LogP contribution in [0.3, 0.4) is 0 Å². The number of carbonyl (C=O) groups is 2. The molecule has 0 aliphatic heterocycles. The predicted molar refractivity (Wildman–Crippen MR) is 158 cm³/mol. The Bertz CT molecular complexity index is 1450. The first-order valence-corrected chi connectivity index (χ1v) is 15.0. The van der Waals surface area contributed by atoms with Crippen molar-refractivity contribution in [2.75, 3.05) is 24.5 Å². The number of nitrogens with zero attached hydrogens (tertiary/aromatic N) is 2. The Morgan fingerprint density at radius 3 is 2.34 bits per heavy atom. The first-order valence-electron chi connectivity index (χ1n) is 13.2. The maximum absolute atomic E-state index is 14.1. The van der Waals surface area contributed by atoms with Gasteiger partial charge in [0, 0.05) is 13.1 Å².